The van der Waals surface area contributed by atoms with Crippen molar-refractivity contribution in [3.05, 3.63) is 39.9 Å². The Balaban J connectivity index is 1.75. The number of hydrogen-bond donors (Lipinski definition) is 2. The molecule has 26 heavy (non-hydrogen) atoms. The van der Waals surface area contributed by atoms with Crippen molar-refractivity contribution in [2.75, 3.05) is 20.1 Å². The highest BCUT2D eigenvalue weighted by Crippen LogP contribution is 2.15. The van der Waals surface area contributed by atoms with E-state index in [9.17, 15) is 14.9 Å². The van der Waals surface area contributed by atoms with Crippen LogP contribution in [0.1, 0.15) is 26.3 Å². The first-order chi connectivity index (χ1) is 12.2. The fourth-order valence-electron chi connectivity index (χ4n) is 2.35. The maximum Gasteiger partial charge on any atom is 0.410 e. The number of amides is 1. The van der Waals surface area contributed by atoms with Crippen LogP contribution in [0.15, 0.2) is 29.3 Å². The SMILES string of the molecule is CN=C(NCc1ccc([N+](=O)[O-])cc1)NC1CN(C(=O)OC(C)(C)C)C1. The Morgan fingerprint density at radius 1 is 1.35 bits per heavy atom. The van der Waals surface area contributed by atoms with Crippen LogP contribution in [-0.2, 0) is 11.3 Å². The standard InChI is InChI=1S/C17H25N5O4/c1-17(2,3)26-16(23)21-10-13(11-21)20-15(18-4)19-9-12-5-7-14(8-6-12)22(24)25/h5-8,13H,9-11H2,1-4H3,(H2,18,19,20). The Morgan fingerprint density at radius 2 is 1.96 bits per heavy atom. The highest BCUT2D eigenvalue weighted by Gasteiger charge is 2.34. The number of guanidine groups is 1. The van der Waals surface area contributed by atoms with Crippen LogP contribution >= 0.6 is 0 Å². The average molecular weight is 363 g/mol. The molecule has 0 radical (unpaired) electrons. The summed E-state index contributed by atoms with van der Waals surface area (Å²) < 4.78 is 5.32. The van der Waals surface area contributed by atoms with Crippen LogP contribution in [0.2, 0.25) is 0 Å². The van der Waals surface area contributed by atoms with E-state index in [0.29, 0.717) is 25.6 Å². The molecule has 0 aromatic heterocycles. The molecule has 1 aliphatic heterocycles. The summed E-state index contributed by atoms with van der Waals surface area (Å²) in [5.74, 6) is 0.609. The van der Waals surface area contributed by atoms with Gasteiger partial charge in [-0.05, 0) is 26.3 Å². The number of aliphatic imine (C=N–C) groups is 1. The third-order valence-corrected chi connectivity index (χ3v) is 3.70. The number of nitro groups is 1. The van der Waals surface area contributed by atoms with E-state index in [1.54, 1.807) is 24.1 Å². The van der Waals surface area contributed by atoms with Crippen LogP contribution < -0.4 is 10.6 Å². The van der Waals surface area contributed by atoms with Gasteiger partial charge in [0.15, 0.2) is 5.96 Å². The molecule has 9 heteroatoms. The maximum absolute atomic E-state index is 11.9. The molecule has 0 unspecified atom stereocenters. The molecule has 1 fully saturated rings. The zero-order chi connectivity index (χ0) is 19.3. The fraction of sp³-hybridized carbons (Fsp3) is 0.529. The zero-order valence-electron chi connectivity index (χ0n) is 15.5. The molecule has 1 saturated heterocycles. The van der Waals surface area contributed by atoms with Crippen LogP contribution in [0.5, 0.6) is 0 Å². The molecule has 1 aromatic carbocycles. The zero-order valence-corrected chi connectivity index (χ0v) is 15.5. The number of nitrogens with one attached hydrogen (secondary N) is 2. The van der Waals surface area contributed by atoms with Crippen molar-refractivity contribution < 1.29 is 14.5 Å². The van der Waals surface area contributed by atoms with Gasteiger partial charge in [0.2, 0.25) is 0 Å². The van der Waals surface area contributed by atoms with Gasteiger partial charge in [0.05, 0.1) is 11.0 Å². The second-order valence-corrected chi connectivity index (χ2v) is 7.08. The van der Waals surface area contributed by atoms with Gasteiger partial charge in [0.1, 0.15) is 5.60 Å². The van der Waals surface area contributed by atoms with E-state index in [-0.39, 0.29) is 17.8 Å². The molecule has 0 saturated carbocycles. The van der Waals surface area contributed by atoms with Gasteiger partial charge < -0.3 is 20.3 Å². The van der Waals surface area contributed by atoms with Gasteiger partial charge in [-0.25, -0.2) is 4.79 Å². The van der Waals surface area contributed by atoms with Crippen molar-refractivity contribution in [2.24, 2.45) is 4.99 Å². The lowest BCUT2D eigenvalue weighted by atomic mass is 10.1. The Morgan fingerprint density at radius 3 is 2.46 bits per heavy atom. The first kappa shape index (κ1) is 19.5. The van der Waals surface area contributed by atoms with Gasteiger partial charge in [0, 0.05) is 38.8 Å². The van der Waals surface area contributed by atoms with Gasteiger partial charge in [-0.15, -0.1) is 0 Å². The number of carbonyl (C=O) groups excluding carboxylic acids is 1. The highest BCUT2D eigenvalue weighted by atomic mass is 16.6. The molecule has 1 aromatic rings. The first-order valence-electron chi connectivity index (χ1n) is 8.36. The van der Waals surface area contributed by atoms with Crippen LogP contribution in [0.4, 0.5) is 10.5 Å². The van der Waals surface area contributed by atoms with E-state index in [1.807, 2.05) is 20.8 Å². The lowest BCUT2D eigenvalue weighted by Gasteiger charge is -2.40. The Kier molecular flexibility index (Phi) is 6.01. The third kappa shape index (κ3) is 5.61. The van der Waals surface area contributed by atoms with E-state index < -0.39 is 10.5 Å². The van der Waals surface area contributed by atoms with E-state index in [2.05, 4.69) is 15.6 Å². The predicted molar refractivity (Wildman–Crippen MR) is 98.0 cm³/mol. The second kappa shape index (κ2) is 8.03. The summed E-state index contributed by atoms with van der Waals surface area (Å²) in [4.78, 5) is 27.9. The van der Waals surface area contributed by atoms with Crippen LogP contribution in [-0.4, -0.2) is 53.7 Å². The number of hydrogen-bond acceptors (Lipinski definition) is 5. The van der Waals surface area contributed by atoms with E-state index in [1.165, 1.54) is 12.1 Å². The van der Waals surface area contributed by atoms with Crippen LogP contribution in [0.25, 0.3) is 0 Å². The minimum Gasteiger partial charge on any atom is -0.444 e. The van der Waals surface area contributed by atoms with Gasteiger partial charge in [-0.2, -0.15) is 0 Å². The Labute approximate surface area is 152 Å². The van der Waals surface area contributed by atoms with Crippen molar-refractivity contribution in [1.82, 2.24) is 15.5 Å². The normalized spacial score (nSPS) is 15.2. The highest BCUT2D eigenvalue weighted by molar-refractivity contribution is 5.80. The molecule has 9 nitrogen and oxygen atoms in total. The average Bonchev–Trinajstić information content (AvgIpc) is 2.51. The van der Waals surface area contributed by atoms with Crippen molar-refractivity contribution in [3.8, 4) is 0 Å². The topological polar surface area (TPSA) is 109 Å². The van der Waals surface area contributed by atoms with Gasteiger partial charge >= 0.3 is 6.09 Å². The molecular weight excluding hydrogens is 338 g/mol. The number of nitrogens with zero attached hydrogens (tertiary/aromatic N) is 3. The molecule has 0 spiro atoms. The smallest absolute Gasteiger partial charge is 0.410 e. The van der Waals surface area contributed by atoms with Crippen molar-refractivity contribution >= 4 is 17.7 Å². The number of carbonyl (C=O) groups is 1. The number of benzene rings is 1. The van der Waals surface area contributed by atoms with Gasteiger partial charge in [0.25, 0.3) is 5.69 Å². The Hall–Kier alpha value is -2.84. The van der Waals surface area contributed by atoms with E-state index in [4.69, 9.17) is 4.74 Å². The fourth-order valence-corrected chi connectivity index (χ4v) is 2.35. The van der Waals surface area contributed by atoms with E-state index >= 15 is 0 Å². The summed E-state index contributed by atoms with van der Waals surface area (Å²) in [5.41, 5.74) is 0.466. The minimum absolute atomic E-state index is 0.0629. The maximum atomic E-state index is 11.9. The summed E-state index contributed by atoms with van der Waals surface area (Å²) in [6.45, 7) is 7.10. The number of likely N-dealkylation sites (tertiary alicyclic amines) is 1. The van der Waals surface area contributed by atoms with Crippen LogP contribution in [0.3, 0.4) is 0 Å². The summed E-state index contributed by atoms with van der Waals surface area (Å²) >= 11 is 0. The van der Waals surface area contributed by atoms with Crippen molar-refractivity contribution in [3.63, 3.8) is 0 Å². The first-order valence-corrected chi connectivity index (χ1v) is 8.36. The van der Waals surface area contributed by atoms with E-state index in [0.717, 1.165) is 5.56 Å². The quantitative estimate of drug-likeness (QED) is 0.366. The van der Waals surface area contributed by atoms with Gasteiger partial charge in [-0.1, -0.05) is 12.1 Å². The molecule has 1 aliphatic rings. The number of rotatable bonds is 4. The molecule has 2 N–H and O–H groups in total. The predicted octanol–water partition coefficient (Wildman–Crippen LogP) is 1.88. The second-order valence-electron chi connectivity index (χ2n) is 7.08. The molecule has 1 heterocycles. The molecule has 2 rings (SSSR count). The number of ether oxygens (including phenoxy) is 1. The largest absolute Gasteiger partial charge is 0.444 e. The van der Waals surface area contributed by atoms with Crippen LogP contribution in [0, 0.1) is 10.1 Å². The van der Waals surface area contributed by atoms with Crippen molar-refractivity contribution in [1.29, 1.82) is 0 Å². The minimum atomic E-state index is -0.502. The Bertz CT molecular complexity index is 675. The summed E-state index contributed by atoms with van der Waals surface area (Å²) in [6.07, 6.45) is -0.315. The lowest BCUT2D eigenvalue weighted by Crippen LogP contribution is -2.63. The van der Waals surface area contributed by atoms with Gasteiger partial charge in [-0.3, -0.25) is 15.1 Å². The molecule has 1 amide bonds. The summed E-state index contributed by atoms with van der Waals surface area (Å²) in [5, 5.41) is 17.0. The lowest BCUT2D eigenvalue weighted by molar-refractivity contribution is -0.384. The summed E-state index contributed by atoms with van der Waals surface area (Å²) in [7, 11) is 1.66. The third-order valence-electron chi connectivity index (χ3n) is 3.70. The molecular formula is C17H25N5O4. The molecule has 142 valence electrons. The molecule has 0 atom stereocenters. The summed E-state index contributed by atoms with van der Waals surface area (Å²) in [6, 6.07) is 6.44. The monoisotopic (exact) mass is 363 g/mol. The molecule has 0 aliphatic carbocycles. The number of nitro benzene ring substituents is 1. The van der Waals surface area contributed by atoms with Crippen molar-refractivity contribution in [2.45, 2.75) is 39.0 Å². The molecule has 0 bridgehead atoms. The number of non-ortho nitro benzene ring substituents is 1.